The van der Waals surface area contributed by atoms with Crippen LogP contribution >= 0.6 is 11.3 Å². The van der Waals surface area contributed by atoms with E-state index >= 15 is 0 Å². The Morgan fingerprint density at radius 3 is 2.44 bits per heavy atom. The summed E-state index contributed by atoms with van der Waals surface area (Å²) in [4.78, 5) is 34.2. The molecule has 0 amide bonds. The van der Waals surface area contributed by atoms with Crippen molar-refractivity contribution < 1.29 is 14.3 Å². The first-order valence-electron chi connectivity index (χ1n) is 12.1. The van der Waals surface area contributed by atoms with Crippen LogP contribution in [0, 0.1) is 0 Å². The van der Waals surface area contributed by atoms with E-state index in [4.69, 9.17) is 14.5 Å². The molecule has 0 saturated heterocycles. The summed E-state index contributed by atoms with van der Waals surface area (Å²) in [5.74, 6) is 0.210. The molecule has 188 valence electrons. The summed E-state index contributed by atoms with van der Waals surface area (Å²) in [6, 6.07) is 14.9. The zero-order valence-electron chi connectivity index (χ0n) is 21.3. The van der Waals surface area contributed by atoms with Crippen LogP contribution in [0.15, 0.2) is 69.6 Å². The van der Waals surface area contributed by atoms with Crippen LogP contribution in [0.4, 0.5) is 5.69 Å². The third-order valence-electron chi connectivity index (χ3n) is 6.40. The summed E-state index contributed by atoms with van der Waals surface area (Å²) in [6.45, 7) is 7.95. The van der Waals surface area contributed by atoms with Crippen molar-refractivity contribution in [1.82, 2.24) is 4.57 Å². The van der Waals surface area contributed by atoms with Crippen LogP contribution in [-0.2, 0) is 9.53 Å². The highest BCUT2D eigenvalue weighted by Gasteiger charge is 2.33. The Kier molecular flexibility index (Phi) is 7.74. The van der Waals surface area contributed by atoms with Crippen LogP contribution in [0.25, 0.3) is 6.08 Å². The van der Waals surface area contributed by atoms with Gasteiger partial charge in [0.2, 0.25) is 0 Å². The molecule has 0 unspecified atom stereocenters. The Labute approximate surface area is 214 Å². The lowest BCUT2D eigenvalue weighted by atomic mass is 9.95. The number of aromatic nitrogens is 1. The smallest absolute Gasteiger partial charge is 0.338 e. The predicted molar refractivity (Wildman–Crippen MR) is 143 cm³/mol. The Hall–Kier alpha value is -3.65. The molecule has 1 aromatic heterocycles. The average molecular weight is 506 g/mol. The van der Waals surface area contributed by atoms with Gasteiger partial charge in [0.25, 0.3) is 5.56 Å². The molecular formula is C28H31N3O4S. The van der Waals surface area contributed by atoms with Crippen molar-refractivity contribution in [2.24, 2.45) is 4.99 Å². The number of anilines is 1. The SMILES string of the molecule is CCC1=C(C(=O)OC)[C@@H](c2ccccc2)n2c(s/c(=C\c3ccc(N(CC)CC)cc3OC)c2=O)=N1. The fourth-order valence-corrected chi connectivity index (χ4v) is 5.57. The maximum atomic E-state index is 13.8. The lowest BCUT2D eigenvalue weighted by molar-refractivity contribution is -0.136. The fourth-order valence-electron chi connectivity index (χ4n) is 4.56. The third kappa shape index (κ3) is 4.60. The number of rotatable bonds is 8. The van der Waals surface area contributed by atoms with Gasteiger partial charge in [0.1, 0.15) is 5.75 Å². The summed E-state index contributed by atoms with van der Waals surface area (Å²) in [5, 5.41) is 0. The predicted octanol–water partition coefficient (Wildman–Crippen LogP) is 3.65. The Morgan fingerprint density at radius 2 is 1.83 bits per heavy atom. The molecule has 0 bridgehead atoms. The number of hydrogen-bond acceptors (Lipinski definition) is 7. The quantitative estimate of drug-likeness (QED) is 0.437. The van der Waals surface area contributed by atoms with Gasteiger partial charge in [-0.15, -0.1) is 0 Å². The number of esters is 1. The first-order chi connectivity index (χ1) is 17.5. The summed E-state index contributed by atoms with van der Waals surface area (Å²) in [7, 11) is 2.98. The van der Waals surface area contributed by atoms with Gasteiger partial charge in [-0.25, -0.2) is 9.79 Å². The molecule has 1 atom stereocenters. The minimum Gasteiger partial charge on any atom is -0.496 e. The molecule has 0 aliphatic carbocycles. The average Bonchev–Trinajstić information content (AvgIpc) is 3.23. The number of hydrogen-bond donors (Lipinski definition) is 0. The molecule has 2 heterocycles. The maximum absolute atomic E-state index is 13.8. The molecule has 8 heteroatoms. The molecule has 0 N–H and O–H groups in total. The van der Waals surface area contributed by atoms with E-state index in [1.165, 1.54) is 18.4 Å². The van der Waals surface area contributed by atoms with Crippen LogP contribution in [0.2, 0.25) is 0 Å². The number of thiazole rings is 1. The summed E-state index contributed by atoms with van der Waals surface area (Å²) in [5.41, 5.74) is 3.51. The topological polar surface area (TPSA) is 73.1 Å². The van der Waals surface area contributed by atoms with E-state index in [1.54, 1.807) is 11.7 Å². The van der Waals surface area contributed by atoms with Crippen molar-refractivity contribution in [3.05, 3.63) is 90.6 Å². The van der Waals surface area contributed by atoms with E-state index in [0.29, 0.717) is 32.8 Å². The Morgan fingerprint density at radius 1 is 1.11 bits per heavy atom. The summed E-state index contributed by atoms with van der Waals surface area (Å²) < 4.78 is 12.9. The number of allylic oxidation sites excluding steroid dienone is 1. The van der Waals surface area contributed by atoms with Crippen molar-refractivity contribution in [2.45, 2.75) is 33.2 Å². The van der Waals surface area contributed by atoms with Gasteiger partial charge >= 0.3 is 5.97 Å². The summed E-state index contributed by atoms with van der Waals surface area (Å²) in [6.07, 6.45) is 2.38. The standard InChI is InChI=1S/C28H31N3O4S/c1-6-21-24(27(33)35-5)25(18-12-10-9-11-13-18)31-26(32)23(36-28(31)29-21)16-19-14-15-20(17-22(19)34-4)30(7-2)8-3/h9-17,25H,6-8H2,1-5H3/b23-16-/t25-/m1/s1. The van der Waals surface area contributed by atoms with Gasteiger partial charge in [0.15, 0.2) is 4.80 Å². The second kappa shape index (κ2) is 11.0. The van der Waals surface area contributed by atoms with Gasteiger partial charge in [0, 0.05) is 30.4 Å². The molecule has 4 rings (SSSR count). The van der Waals surface area contributed by atoms with E-state index in [2.05, 4.69) is 18.7 Å². The van der Waals surface area contributed by atoms with E-state index in [9.17, 15) is 9.59 Å². The first-order valence-corrected chi connectivity index (χ1v) is 12.9. The fraction of sp³-hybridized carbons (Fsp3) is 0.321. The van der Waals surface area contributed by atoms with Crippen LogP contribution < -0.4 is 24.5 Å². The van der Waals surface area contributed by atoms with Gasteiger partial charge in [-0.1, -0.05) is 48.6 Å². The Balaban J connectivity index is 1.93. The van der Waals surface area contributed by atoms with Crippen molar-refractivity contribution >= 4 is 29.1 Å². The van der Waals surface area contributed by atoms with E-state index in [0.717, 1.165) is 29.9 Å². The molecule has 0 saturated carbocycles. The molecule has 3 aromatic rings. The van der Waals surface area contributed by atoms with Crippen LogP contribution in [0.5, 0.6) is 5.75 Å². The van der Waals surface area contributed by atoms with E-state index < -0.39 is 12.0 Å². The van der Waals surface area contributed by atoms with Gasteiger partial charge < -0.3 is 14.4 Å². The number of ether oxygens (including phenoxy) is 2. The van der Waals surface area contributed by atoms with Crippen molar-refractivity contribution in [2.75, 3.05) is 32.2 Å². The van der Waals surface area contributed by atoms with Crippen molar-refractivity contribution in [3.8, 4) is 5.75 Å². The molecule has 0 fully saturated rings. The molecule has 0 radical (unpaired) electrons. The zero-order valence-corrected chi connectivity index (χ0v) is 22.1. The molecule has 2 aromatic carbocycles. The van der Waals surface area contributed by atoms with Crippen molar-refractivity contribution in [1.29, 1.82) is 0 Å². The van der Waals surface area contributed by atoms with E-state index in [1.807, 2.05) is 61.5 Å². The highest BCUT2D eigenvalue weighted by atomic mass is 32.1. The molecule has 7 nitrogen and oxygen atoms in total. The highest BCUT2D eigenvalue weighted by molar-refractivity contribution is 7.07. The number of benzene rings is 2. The minimum absolute atomic E-state index is 0.209. The normalized spacial score (nSPS) is 15.4. The van der Waals surface area contributed by atoms with Gasteiger partial charge in [-0.3, -0.25) is 9.36 Å². The molecular weight excluding hydrogens is 474 g/mol. The molecule has 1 aliphatic heterocycles. The number of methoxy groups -OCH3 is 2. The zero-order chi connectivity index (χ0) is 25.8. The number of nitrogens with zero attached hydrogens (tertiary/aromatic N) is 3. The van der Waals surface area contributed by atoms with Gasteiger partial charge in [0.05, 0.1) is 36.1 Å². The van der Waals surface area contributed by atoms with Gasteiger partial charge in [-0.2, -0.15) is 0 Å². The third-order valence-corrected chi connectivity index (χ3v) is 7.38. The van der Waals surface area contributed by atoms with Crippen molar-refractivity contribution in [3.63, 3.8) is 0 Å². The van der Waals surface area contributed by atoms with Gasteiger partial charge in [-0.05, 0) is 44.0 Å². The second-order valence-electron chi connectivity index (χ2n) is 8.30. The first kappa shape index (κ1) is 25.4. The minimum atomic E-state index is -0.612. The number of carbonyl (C=O) groups is 1. The van der Waals surface area contributed by atoms with Crippen LogP contribution in [0.1, 0.15) is 44.4 Å². The summed E-state index contributed by atoms with van der Waals surface area (Å²) >= 11 is 1.31. The maximum Gasteiger partial charge on any atom is 0.338 e. The number of fused-ring (bicyclic) bond motifs is 1. The van der Waals surface area contributed by atoms with Crippen LogP contribution in [-0.4, -0.2) is 37.8 Å². The second-order valence-corrected chi connectivity index (χ2v) is 9.31. The van der Waals surface area contributed by atoms with Crippen LogP contribution in [0.3, 0.4) is 0 Å². The van der Waals surface area contributed by atoms with E-state index in [-0.39, 0.29) is 5.56 Å². The lowest BCUT2D eigenvalue weighted by Gasteiger charge is -2.25. The largest absolute Gasteiger partial charge is 0.496 e. The lowest BCUT2D eigenvalue weighted by Crippen LogP contribution is -2.40. The monoisotopic (exact) mass is 505 g/mol. The molecule has 36 heavy (non-hydrogen) atoms. The molecule has 0 spiro atoms. The Bertz CT molecular complexity index is 1470. The number of carbonyl (C=O) groups excluding carboxylic acids is 1. The molecule has 1 aliphatic rings. The highest BCUT2D eigenvalue weighted by Crippen LogP contribution is 2.32.